The Labute approximate surface area is 195 Å². The second-order valence-corrected chi connectivity index (χ2v) is 9.27. The van der Waals surface area contributed by atoms with Gasteiger partial charge in [-0.15, -0.1) is 0 Å². The van der Waals surface area contributed by atoms with E-state index < -0.39 is 11.6 Å². The van der Waals surface area contributed by atoms with Crippen LogP contribution >= 0.6 is 0 Å². The fraction of sp³-hybridized carbons (Fsp3) is 0.333. The van der Waals surface area contributed by atoms with Gasteiger partial charge in [-0.1, -0.05) is 84.9 Å². The maximum absolute atomic E-state index is 7.25. The molecule has 3 nitrogen and oxygen atoms in total. The molecule has 0 N–H and O–H groups in total. The summed E-state index contributed by atoms with van der Waals surface area (Å²) in [6.45, 7) is 1.38. The smallest absolute Gasteiger partial charge is 0.198 e. The Bertz CT molecular complexity index is 1160. The molecule has 0 saturated carbocycles. The van der Waals surface area contributed by atoms with Gasteiger partial charge in [-0.3, -0.25) is 0 Å². The zero-order valence-electron chi connectivity index (χ0n) is 19.0. The molecule has 2 heterocycles. The van der Waals surface area contributed by atoms with Gasteiger partial charge < -0.3 is 14.2 Å². The van der Waals surface area contributed by atoms with E-state index >= 15 is 0 Å². The quantitative estimate of drug-likeness (QED) is 0.332. The second-order valence-electron chi connectivity index (χ2n) is 9.27. The highest BCUT2D eigenvalue weighted by Crippen LogP contribution is 2.49. The summed E-state index contributed by atoms with van der Waals surface area (Å²) in [5.74, 6) is -1.68. The molecule has 33 heavy (non-hydrogen) atoms. The van der Waals surface area contributed by atoms with Gasteiger partial charge in [0.05, 0.1) is 13.2 Å². The first-order chi connectivity index (χ1) is 16.3. The van der Waals surface area contributed by atoms with Crippen LogP contribution in [0.4, 0.5) is 0 Å². The normalized spacial score (nSPS) is 25.9. The topological polar surface area (TPSA) is 27.7 Å². The van der Waals surface area contributed by atoms with Gasteiger partial charge in [0.25, 0.3) is 0 Å². The summed E-state index contributed by atoms with van der Waals surface area (Å²) in [5, 5.41) is 4.78. The van der Waals surface area contributed by atoms with Gasteiger partial charge in [0, 0.05) is 24.0 Å². The molecule has 2 aliphatic rings. The molecule has 0 spiro atoms. The van der Waals surface area contributed by atoms with Crippen LogP contribution < -0.4 is 0 Å². The maximum atomic E-state index is 7.25. The number of ether oxygens (including phenoxy) is 3. The third-order valence-corrected chi connectivity index (χ3v) is 7.20. The number of rotatable bonds is 4. The van der Waals surface area contributed by atoms with Crippen LogP contribution in [-0.2, 0) is 25.8 Å². The van der Waals surface area contributed by atoms with E-state index in [-0.39, 0.29) is 0 Å². The molecule has 2 fully saturated rings. The van der Waals surface area contributed by atoms with Crippen molar-refractivity contribution in [1.82, 2.24) is 0 Å². The first-order valence-corrected chi connectivity index (χ1v) is 12.2. The van der Waals surface area contributed by atoms with Crippen LogP contribution in [0.1, 0.15) is 49.7 Å². The Morgan fingerprint density at radius 2 is 0.970 bits per heavy atom. The van der Waals surface area contributed by atoms with Gasteiger partial charge in [-0.2, -0.15) is 0 Å². The molecule has 0 radical (unpaired) electrons. The monoisotopic (exact) mass is 438 g/mol. The summed E-state index contributed by atoms with van der Waals surface area (Å²) in [5.41, 5.74) is 2.21. The summed E-state index contributed by atoms with van der Waals surface area (Å²) in [7, 11) is 0. The van der Waals surface area contributed by atoms with Gasteiger partial charge in [0.1, 0.15) is 0 Å². The summed E-state index contributed by atoms with van der Waals surface area (Å²) in [6.07, 6.45) is 5.87. The minimum atomic E-state index is -0.840. The molecule has 2 unspecified atom stereocenters. The van der Waals surface area contributed by atoms with Crippen LogP contribution in [0, 0.1) is 0 Å². The second kappa shape index (κ2) is 8.57. The molecule has 0 amide bonds. The summed E-state index contributed by atoms with van der Waals surface area (Å²) in [4.78, 5) is 0. The predicted octanol–water partition coefficient (Wildman–Crippen LogP) is 7.42. The third kappa shape index (κ3) is 3.65. The van der Waals surface area contributed by atoms with Crippen molar-refractivity contribution >= 4 is 21.5 Å². The zero-order chi connectivity index (χ0) is 22.1. The lowest BCUT2D eigenvalue weighted by atomic mass is 9.89. The van der Waals surface area contributed by atoms with Gasteiger partial charge in [0.2, 0.25) is 0 Å². The van der Waals surface area contributed by atoms with Crippen LogP contribution in [0.2, 0.25) is 0 Å². The molecule has 2 atom stereocenters. The van der Waals surface area contributed by atoms with E-state index in [1.54, 1.807) is 0 Å². The molecule has 2 aliphatic heterocycles. The van der Waals surface area contributed by atoms with Crippen molar-refractivity contribution in [3.63, 3.8) is 0 Å². The highest BCUT2D eigenvalue weighted by atomic mass is 16.8. The zero-order valence-corrected chi connectivity index (χ0v) is 19.0. The van der Waals surface area contributed by atoms with Gasteiger partial charge in [0.15, 0.2) is 11.6 Å². The van der Waals surface area contributed by atoms with Gasteiger partial charge in [-0.25, -0.2) is 0 Å². The van der Waals surface area contributed by atoms with Crippen molar-refractivity contribution in [2.24, 2.45) is 0 Å². The van der Waals surface area contributed by atoms with E-state index in [1.807, 2.05) is 0 Å². The van der Waals surface area contributed by atoms with Crippen LogP contribution in [-0.4, -0.2) is 13.2 Å². The fourth-order valence-electron chi connectivity index (χ4n) is 5.62. The van der Waals surface area contributed by atoms with Crippen molar-refractivity contribution in [2.45, 2.75) is 50.1 Å². The van der Waals surface area contributed by atoms with Crippen molar-refractivity contribution in [3.8, 4) is 0 Å². The molecule has 2 saturated heterocycles. The first kappa shape index (κ1) is 20.9. The molecule has 0 aromatic heterocycles. The van der Waals surface area contributed by atoms with Crippen molar-refractivity contribution in [2.75, 3.05) is 13.2 Å². The minimum Gasteiger partial charge on any atom is -0.346 e. The molecule has 0 bridgehead atoms. The van der Waals surface area contributed by atoms with E-state index in [0.717, 1.165) is 49.7 Å². The van der Waals surface area contributed by atoms with Crippen LogP contribution in [0.25, 0.3) is 21.5 Å². The number of fused-ring (bicyclic) bond motifs is 2. The third-order valence-electron chi connectivity index (χ3n) is 7.20. The van der Waals surface area contributed by atoms with E-state index in [9.17, 15) is 0 Å². The van der Waals surface area contributed by atoms with E-state index in [4.69, 9.17) is 14.2 Å². The Balaban J connectivity index is 1.54. The summed E-state index contributed by atoms with van der Waals surface area (Å²) < 4.78 is 20.5. The number of hydrogen-bond acceptors (Lipinski definition) is 3. The maximum Gasteiger partial charge on any atom is 0.198 e. The standard InChI is InChI=1S/C30H30O3/c1-3-15-25-23(11-1)13-9-17-27(25)29(19-5-7-21-31-29)33-30(20-6-8-22-32-30)28-18-10-14-24-12-2-4-16-26(24)28/h1-4,9-18H,5-8,19-22H2. The van der Waals surface area contributed by atoms with Crippen LogP contribution in [0.15, 0.2) is 84.9 Å². The molecule has 4 aromatic rings. The lowest BCUT2D eigenvalue weighted by Gasteiger charge is -2.47. The lowest BCUT2D eigenvalue weighted by molar-refractivity contribution is -0.391. The lowest BCUT2D eigenvalue weighted by Crippen LogP contribution is -2.47. The Morgan fingerprint density at radius 1 is 0.515 bits per heavy atom. The molecular formula is C30H30O3. The molecule has 168 valence electrons. The Morgan fingerprint density at radius 3 is 1.42 bits per heavy atom. The van der Waals surface area contributed by atoms with Gasteiger partial charge in [-0.05, 0) is 47.2 Å². The van der Waals surface area contributed by atoms with Crippen molar-refractivity contribution < 1.29 is 14.2 Å². The molecule has 3 heteroatoms. The van der Waals surface area contributed by atoms with Crippen molar-refractivity contribution in [1.29, 1.82) is 0 Å². The fourth-order valence-corrected chi connectivity index (χ4v) is 5.62. The van der Waals surface area contributed by atoms with Gasteiger partial charge >= 0.3 is 0 Å². The van der Waals surface area contributed by atoms with E-state index in [2.05, 4.69) is 84.9 Å². The summed E-state index contributed by atoms with van der Waals surface area (Å²) >= 11 is 0. The van der Waals surface area contributed by atoms with Crippen LogP contribution in [0.3, 0.4) is 0 Å². The van der Waals surface area contributed by atoms with E-state index in [1.165, 1.54) is 21.5 Å². The Kier molecular flexibility index (Phi) is 5.41. The largest absolute Gasteiger partial charge is 0.346 e. The average Bonchev–Trinajstić information content (AvgIpc) is 2.89. The molecule has 0 aliphatic carbocycles. The van der Waals surface area contributed by atoms with Crippen molar-refractivity contribution in [3.05, 3.63) is 96.1 Å². The summed E-state index contributed by atoms with van der Waals surface area (Å²) in [6, 6.07) is 30.0. The number of hydrogen-bond donors (Lipinski definition) is 0. The predicted molar refractivity (Wildman–Crippen MR) is 132 cm³/mol. The SMILES string of the molecule is c1ccc2c(C3(OC4(c5cccc6ccccc56)CCCCO4)CCCCO3)cccc2c1. The highest BCUT2D eigenvalue weighted by molar-refractivity contribution is 5.87. The minimum absolute atomic E-state index is 0.689. The van der Waals surface area contributed by atoms with E-state index in [0.29, 0.717) is 13.2 Å². The average molecular weight is 439 g/mol. The molecule has 4 aromatic carbocycles. The number of benzene rings is 4. The molecular weight excluding hydrogens is 408 g/mol. The Hall–Kier alpha value is -2.72. The molecule has 6 rings (SSSR count). The highest BCUT2D eigenvalue weighted by Gasteiger charge is 2.48. The van der Waals surface area contributed by atoms with Crippen LogP contribution in [0.5, 0.6) is 0 Å². The first-order valence-electron chi connectivity index (χ1n) is 12.2.